The highest BCUT2D eigenvalue weighted by Gasteiger charge is 2.18. The fourth-order valence-corrected chi connectivity index (χ4v) is 4.05. The molecule has 0 radical (unpaired) electrons. The summed E-state index contributed by atoms with van der Waals surface area (Å²) in [5.41, 5.74) is 1.57. The van der Waals surface area contributed by atoms with Crippen molar-refractivity contribution >= 4 is 43.8 Å². The Balaban J connectivity index is 1.90. The fourth-order valence-electron chi connectivity index (χ4n) is 2.26. The van der Waals surface area contributed by atoms with Crippen molar-refractivity contribution in [2.24, 2.45) is 0 Å². The van der Waals surface area contributed by atoms with Gasteiger partial charge in [-0.25, -0.2) is 13.4 Å². The minimum atomic E-state index is -3.45. The van der Waals surface area contributed by atoms with Gasteiger partial charge < -0.3 is 0 Å². The first-order chi connectivity index (χ1) is 12.3. The summed E-state index contributed by atoms with van der Waals surface area (Å²) in [7, 11) is -3.45. The minimum Gasteiger partial charge on any atom is -0.298 e. The second kappa shape index (κ2) is 7.14. The zero-order valence-electron chi connectivity index (χ0n) is 13.9. The molecule has 2 aromatic heterocycles. The van der Waals surface area contributed by atoms with Gasteiger partial charge in [0.05, 0.1) is 31.7 Å². The van der Waals surface area contributed by atoms with E-state index in [2.05, 4.69) is 15.3 Å². The molecular weight excluding hydrogens is 394 g/mol. The summed E-state index contributed by atoms with van der Waals surface area (Å²) in [6.45, 7) is 1.83. The maximum absolute atomic E-state index is 12.5. The Kier molecular flexibility index (Phi) is 5.08. The molecule has 6 nitrogen and oxygen atoms in total. The van der Waals surface area contributed by atoms with Crippen molar-refractivity contribution < 1.29 is 13.2 Å². The minimum absolute atomic E-state index is 0.0246. The van der Waals surface area contributed by atoms with Crippen molar-refractivity contribution in [1.29, 1.82) is 0 Å². The quantitative estimate of drug-likeness (QED) is 0.710. The first-order valence-electron chi connectivity index (χ1n) is 7.45. The van der Waals surface area contributed by atoms with E-state index in [0.29, 0.717) is 5.13 Å². The topological polar surface area (TPSA) is 89.0 Å². The van der Waals surface area contributed by atoms with Crippen LogP contribution in [0.4, 0.5) is 5.13 Å². The van der Waals surface area contributed by atoms with Gasteiger partial charge in [0.1, 0.15) is 0 Å². The van der Waals surface area contributed by atoms with Crippen LogP contribution in [-0.2, 0) is 9.84 Å². The summed E-state index contributed by atoms with van der Waals surface area (Å²) < 4.78 is 23.4. The third-order valence-corrected chi connectivity index (χ3v) is 6.06. The van der Waals surface area contributed by atoms with E-state index in [1.165, 1.54) is 29.5 Å². The van der Waals surface area contributed by atoms with Crippen LogP contribution in [0.3, 0.4) is 0 Å². The molecule has 134 valence electrons. The Labute approximate surface area is 159 Å². The Morgan fingerprint density at radius 1 is 1.23 bits per heavy atom. The van der Waals surface area contributed by atoms with Gasteiger partial charge in [-0.1, -0.05) is 29.0 Å². The Hall–Kier alpha value is -2.29. The van der Waals surface area contributed by atoms with Crippen molar-refractivity contribution in [2.45, 2.75) is 11.8 Å². The monoisotopic (exact) mass is 407 g/mol. The molecule has 0 spiro atoms. The number of pyridine rings is 1. The lowest BCUT2D eigenvalue weighted by Gasteiger charge is -2.06. The maximum atomic E-state index is 12.5. The summed E-state index contributed by atoms with van der Waals surface area (Å²) in [4.78, 5) is 22.0. The number of benzene rings is 1. The van der Waals surface area contributed by atoms with Gasteiger partial charge in [0.15, 0.2) is 15.0 Å². The first-order valence-corrected chi connectivity index (χ1v) is 10.5. The zero-order chi connectivity index (χ0) is 18.9. The summed E-state index contributed by atoms with van der Waals surface area (Å²) >= 11 is 7.34. The molecule has 0 saturated heterocycles. The Morgan fingerprint density at radius 3 is 2.65 bits per heavy atom. The molecule has 9 heteroatoms. The van der Waals surface area contributed by atoms with Crippen molar-refractivity contribution in [3.05, 3.63) is 58.9 Å². The lowest BCUT2D eigenvalue weighted by molar-refractivity contribution is 0.102. The molecule has 1 amide bonds. The number of amides is 1. The standard InChI is InChI=1S/C17H14ClN3O3S2/c1-10-15(14-5-3-4-8-19-14)25-17(20-10)21-16(22)12-9-11(26(2,23)24)6-7-13(12)18/h3-9H,1-2H3,(H,20,21,22). The predicted octanol–water partition coefficient (Wildman–Crippen LogP) is 3.82. The van der Waals surface area contributed by atoms with Crippen molar-refractivity contribution in [3.63, 3.8) is 0 Å². The number of nitrogens with one attached hydrogen (secondary N) is 1. The first kappa shape index (κ1) is 18.5. The van der Waals surface area contributed by atoms with Gasteiger partial charge in [-0.3, -0.25) is 15.1 Å². The van der Waals surface area contributed by atoms with Gasteiger partial charge in [0.2, 0.25) is 0 Å². The van der Waals surface area contributed by atoms with E-state index in [1.54, 1.807) is 6.20 Å². The van der Waals surface area contributed by atoms with Crippen LogP contribution in [0.2, 0.25) is 5.02 Å². The number of carbonyl (C=O) groups excluding carboxylic acids is 1. The smallest absolute Gasteiger partial charge is 0.259 e. The molecule has 0 aliphatic rings. The van der Waals surface area contributed by atoms with Crippen LogP contribution < -0.4 is 5.32 Å². The second-order valence-corrected chi connectivity index (χ2v) is 8.94. The molecule has 0 fully saturated rings. The highest BCUT2D eigenvalue weighted by molar-refractivity contribution is 7.90. The predicted molar refractivity (Wildman–Crippen MR) is 103 cm³/mol. The molecular formula is C17H14ClN3O3S2. The maximum Gasteiger partial charge on any atom is 0.259 e. The molecule has 0 atom stereocenters. The van der Waals surface area contributed by atoms with Gasteiger partial charge in [-0.05, 0) is 37.3 Å². The molecule has 1 aromatic carbocycles. The molecule has 0 bridgehead atoms. The summed E-state index contributed by atoms with van der Waals surface area (Å²) in [5, 5.41) is 3.21. The Morgan fingerprint density at radius 2 is 2.00 bits per heavy atom. The van der Waals surface area contributed by atoms with Gasteiger partial charge >= 0.3 is 0 Å². The highest BCUT2D eigenvalue weighted by atomic mass is 35.5. The van der Waals surface area contributed by atoms with E-state index in [0.717, 1.165) is 22.5 Å². The van der Waals surface area contributed by atoms with Crippen LogP contribution in [0, 0.1) is 6.92 Å². The Bertz CT molecular complexity index is 1080. The van der Waals surface area contributed by atoms with E-state index in [4.69, 9.17) is 11.6 Å². The number of aryl methyl sites for hydroxylation is 1. The molecule has 3 aromatic rings. The molecule has 26 heavy (non-hydrogen) atoms. The van der Waals surface area contributed by atoms with Gasteiger partial charge in [-0.15, -0.1) is 0 Å². The van der Waals surface area contributed by atoms with E-state index < -0.39 is 15.7 Å². The second-order valence-electron chi connectivity index (χ2n) is 5.52. The number of hydrogen-bond donors (Lipinski definition) is 1. The van der Waals surface area contributed by atoms with E-state index in [-0.39, 0.29) is 15.5 Å². The van der Waals surface area contributed by atoms with Crippen LogP contribution >= 0.6 is 22.9 Å². The van der Waals surface area contributed by atoms with Crippen molar-refractivity contribution in [1.82, 2.24) is 9.97 Å². The van der Waals surface area contributed by atoms with Crippen LogP contribution in [0.15, 0.2) is 47.5 Å². The number of sulfone groups is 1. The number of anilines is 1. The number of thiazole rings is 1. The molecule has 3 rings (SSSR count). The molecule has 0 aliphatic carbocycles. The number of rotatable bonds is 4. The highest BCUT2D eigenvalue weighted by Crippen LogP contribution is 2.32. The lowest BCUT2D eigenvalue weighted by Crippen LogP contribution is -2.13. The van der Waals surface area contributed by atoms with Crippen molar-refractivity contribution in [3.8, 4) is 10.6 Å². The summed E-state index contributed by atoms with van der Waals surface area (Å²) in [6.07, 6.45) is 2.75. The number of carbonyl (C=O) groups is 1. The van der Waals surface area contributed by atoms with Crippen LogP contribution in [-0.4, -0.2) is 30.5 Å². The van der Waals surface area contributed by atoms with E-state index >= 15 is 0 Å². The average molecular weight is 408 g/mol. The van der Waals surface area contributed by atoms with E-state index in [9.17, 15) is 13.2 Å². The normalized spacial score (nSPS) is 11.3. The molecule has 1 N–H and O–H groups in total. The number of halogens is 1. The van der Waals surface area contributed by atoms with Gasteiger partial charge in [0.25, 0.3) is 5.91 Å². The lowest BCUT2D eigenvalue weighted by atomic mass is 10.2. The SMILES string of the molecule is Cc1nc(NC(=O)c2cc(S(C)(=O)=O)ccc2Cl)sc1-c1ccccn1. The molecule has 0 aliphatic heterocycles. The molecule has 0 saturated carbocycles. The number of nitrogens with zero attached hydrogens (tertiary/aromatic N) is 2. The fraction of sp³-hybridized carbons (Fsp3) is 0.118. The molecule has 0 unspecified atom stereocenters. The third-order valence-electron chi connectivity index (χ3n) is 3.53. The number of aromatic nitrogens is 2. The third kappa shape index (κ3) is 3.92. The van der Waals surface area contributed by atoms with Gasteiger partial charge in [-0.2, -0.15) is 0 Å². The van der Waals surface area contributed by atoms with Crippen LogP contribution in [0.1, 0.15) is 16.1 Å². The summed E-state index contributed by atoms with van der Waals surface area (Å²) in [6, 6.07) is 9.56. The van der Waals surface area contributed by atoms with Crippen molar-refractivity contribution in [2.75, 3.05) is 11.6 Å². The summed E-state index contributed by atoms with van der Waals surface area (Å²) in [5.74, 6) is -0.526. The molecule has 2 heterocycles. The largest absolute Gasteiger partial charge is 0.298 e. The van der Waals surface area contributed by atoms with E-state index in [1.807, 2.05) is 25.1 Å². The number of hydrogen-bond acceptors (Lipinski definition) is 6. The van der Waals surface area contributed by atoms with Crippen LogP contribution in [0.5, 0.6) is 0 Å². The average Bonchev–Trinajstić information content (AvgIpc) is 2.95. The van der Waals surface area contributed by atoms with Gasteiger partial charge in [0, 0.05) is 12.5 Å². The zero-order valence-corrected chi connectivity index (χ0v) is 16.2. The van der Waals surface area contributed by atoms with Crippen LogP contribution in [0.25, 0.3) is 10.6 Å².